The average Bonchev–Trinajstić information content (AvgIpc) is 2.73. The van der Waals surface area contributed by atoms with Gasteiger partial charge in [-0.05, 0) is 13.3 Å². The van der Waals surface area contributed by atoms with Crippen LogP contribution in [0.5, 0.6) is 11.6 Å². The number of hydrogen-bond acceptors (Lipinski definition) is 4. The molecule has 2 aromatic heterocycles. The zero-order valence-corrected chi connectivity index (χ0v) is 10.5. The highest BCUT2D eigenvalue weighted by molar-refractivity contribution is 6.30. The fourth-order valence-corrected chi connectivity index (χ4v) is 1.50. The second-order valence-corrected chi connectivity index (χ2v) is 3.99. The molecule has 2 heterocycles. The van der Waals surface area contributed by atoms with Gasteiger partial charge in [-0.3, -0.25) is 4.68 Å². The van der Waals surface area contributed by atoms with Crippen molar-refractivity contribution >= 4 is 11.6 Å². The first-order valence-electron chi connectivity index (χ1n) is 5.38. The lowest BCUT2D eigenvalue weighted by Crippen LogP contribution is -1.96. The number of halogens is 1. The van der Waals surface area contributed by atoms with Gasteiger partial charge >= 0.3 is 0 Å². The molecule has 5 nitrogen and oxygen atoms in total. The molecule has 0 saturated carbocycles. The van der Waals surface area contributed by atoms with Gasteiger partial charge in [-0.2, -0.15) is 5.10 Å². The van der Waals surface area contributed by atoms with Gasteiger partial charge in [0.25, 0.3) is 0 Å². The second-order valence-electron chi connectivity index (χ2n) is 3.64. The van der Waals surface area contributed by atoms with E-state index in [1.807, 2.05) is 17.8 Å². The summed E-state index contributed by atoms with van der Waals surface area (Å²) in [5.74, 6) is 1.11. The lowest BCUT2D eigenvalue weighted by molar-refractivity contribution is 0.456. The Labute approximate surface area is 104 Å². The summed E-state index contributed by atoms with van der Waals surface area (Å²) >= 11 is 5.88. The van der Waals surface area contributed by atoms with E-state index in [-0.39, 0.29) is 0 Å². The molecule has 17 heavy (non-hydrogen) atoms. The number of aryl methyl sites for hydroxylation is 1. The maximum atomic E-state index is 5.88. The Balaban J connectivity index is 2.16. The molecule has 2 aromatic rings. The molecular weight excluding hydrogens is 240 g/mol. The third kappa shape index (κ3) is 2.74. The van der Waals surface area contributed by atoms with Crippen molar-refractivity contribution in [2.45, 2.75) is 26.8 Å². The topological polar surface area (TPSA) is 52.8 Å². The van der Waals surface area contributed by atoms with E-state index < -0.39 is 0 Å². The van der Waals surface area contributed by atoms with Crippen LogP contribution in [0.25, 0.3) is 0 Å². The number of rotatable bonds is 4. The molecule has 0 atom stereocenters. The van der Waals surface area contributed by atoms with Crippen LogP contribution in [0.15, 0.2) is 18.7 Å². The molecule has 6 heteroatoms. The van der Waals surface area contributed by atoms with E-state index in [4.69, 9.17) is 16.3 Å². The first-order valence-corrected chi connectivity index (χ1v) is 5.76. The van der Waals surface area contributed by atoms with Crippen LogP contribution in [0.2, 0.25) is 5.15 Å². The summed E-state index contributed by atoms with van der Waals surface area (Å²) in [7, 11) is 0. The predicted octanol–water partition coefficient (Wildman–Crippen LogP) is 2.84. The molecule has 0 N–H and O–H groups in total. The maximum absolute atomic E-state index is 5.88. The van der Waals surface area contributed by atoms with Crippen molar-refractivity contribution in [1.29, 1.82) is 0 Å². The summed E-state index contributed by atoms with van der Waals surface area (Å²) in [6.45, 7) is 4.78. The molecule has 0 aliphatic rings. The first-order chi connectivity index (χ1) is 8.20. The minimum Gasteiger partial charge on any atom is -0.435 e. The van der Waals surface area contributed by atoms with E-state index in [1.165, 1.54) is 6.33 Å². The summed E-state index contributed by atoms with van der Waals surface area (Å²) in [6, 6.07) is 0. The third-order valence-electron chi connectivity index (χ3n) is 2.25. The van der Waals surface area contributed by atoms with Crippen LogP contribution in [0, 0.1) is 6.92 Å². The molecule has 0 bridgehead atoms. The highest BCUT2D eigenvalue weighted by Gasteiger charge is 2.08. The molecule has 0 aromatic carbocycles. The van der Waals surface area contributed by atoms with Gasteiger partial charge in [-0.15, -0.1) is 0 Å². The van der Waals surface area contributed by atoms with Crippen molar-refractivity contribution in [2.24, 2.45) is 0 Å². The standard InChI is InChI=1S/C11H13ClN4O/c1-3-4-16-6-9(5-15-16)17-11-8(2)10(12)13-7-14-11/h5-7H,3-4H2,1-2H3. The minimum absolute atomic E-state index is 0.399. The van der Waals surface area contributed by atoms with E-state index in [2.05, 4.69) is 22.0 Å². The first kappa shape index (κ1) is 11.9. The largest absolute Gasteiger partial charge is 0.435 e. The van der Waals surface area contributed by atoms with E-state index in [0.717, 1.165) is 18.5 Å². The van der Waals surface area contributed by atoms with Gasteiger partial charge in [0.1, 0.15) is 11.5 Å². The van der Waals surface area contributed by atoms with Crippen LogP contribution in [-0.2, 0) is 6.54 Å². The van der Waals surface area contributed by atoms with Crippen molar-refractivity contribution in [2.75, 3.05) is 0 Å². The summed E-state index contributed by atoms with van der Waals surface area (Å²) in [4.78, 5) is 7.90. The lowest BCUT2D eigenvalue weighted by Gasteiger charge is -2.05. The molecule has 0 spiro atoms. The predicted molar refractivity (Wildman–Crippen MR) is 64.4 cm³/mol. The fraction of sp³-hybridized carbons (Fsp3) is 0.364. The Morgan fingerprint density at radius 2 is 2.24 bits per heavy atom. The number of aromatic nitrogens is 4. The maximum Gasteiger partial charge on any atom is 0.226 e. The van der Waals surface area contributed by atoms with Crippen molar-refractivity contribution < 1.29 is 4.74 Å². The molecule has 90 valence electrons. The quantitative estimate of drug-likeness (QED) is 0.785. The fourth-order valence-electron chi connectivity index (χ4n) is 1.38. The molecule has 2 rings (SSSR count). The number of nitrogens with zero attached hydrogens (tertiary/aromatic N) is 4. The van der Waals surface area contributed by atoms with Gasteiger partial charge in [0.2, 0.25) is 5.88 Å². The normalized spacial score (nSPS) is 10.5. The molecule has 0 aliphatic heterocycles. The SMILES string of the molecule is CCCn1cc(Oc2ncnc(Cl)c2C)cn1. The van der Waals surface area contributed by atoms with Gasteiger partial charge in [0.15, 0.2) is 5.75 Å². The minimum atomic E-state index is 0.399. The summed E-state index contributed by atoms with van der Waals surface area (Å²) in [6.07, 6.45) is 5.89. The van der Waals surface area contributed by atoms with Gasteiger partial charge in [0, 0.05) is 12.1 Å². The van der Waals surface area contributed by atoms with Gasteiger partial charge < -0.3 is 4.74 Å². The molecule has 0 radical (unpaired) electrons. The zero-order valence-electron chi connectivity index (χ0n) is 9.72. The molecule has 0 saturated heterocycles. The van der Waals surface area contributed by atoms with Crippen molar-refractivity contribution in [3.8, 4) is 11.6 Å². The monoisotopic (exact) mass is 252 g/mol. The van der Waals surface area contributed by atoms with Crippen LogP contribution < -0.4 is 4.74 Å². The van der Waals surface area contributed by atoms with Crippen LogP contribution in [0.3, 0.4) is 0 Å². The number of ether oxygens (including phenoxy) is 1. The smallest absolute Gasteiger partial charge is 0.226 e. The molecule has 0 aliphatic carbocycles. The second kappa shape index (κ2) is 5.14. The van der Waals surface area contributed by atoms with Crippen LogP contribution in [0.1, 0.15) is 18.9 Å². The van der Waals surface area contributed by atoms with Crippen molar-refractivity contribution in [3.05, 3.63) is 29.4 Å². The van der Waals surface area contributed by atoms with Crippen LogP contribution in [0.4, 0.5) is 0 Å². The van der Waals surface area contributed by atoms with E-state index >= 15 is 0 Å². The van der Waals surface area contributed by atoms with Crippen molar-refractivity contribution in [1.82, 2.24) is 19.7 Å². The number of hydrogen-bond donors (Lipinski definition) is 0. The van der Waals surface area contributed by atoms with Gasteiger partial charge in [-0.1, -0.05) is 18.5 Å². The van der Waals surface area contributed by atoms with E-state index in [9.17, 15) is 0 Å². The molecular formula is C11H13ClN4O. The molecule has 0 fully saturated rings. The summed E-state index contributed by atoms with van der Waals surface area (Å²) in [5, 5.41) is 4.57. The van der Waals surface area contributed by atoms with Gasteiger partial charge in [-0.25, -0.2) is 9.97 Å². The zero-order chi connectivity index (χ0) is 12.3. The Hall–Kier alpha value is -1.62. The Morgan fingerprint density at radius 1 is 1.41 bits per heavy atom. The Bertz CT molecular complexity index is 512. The third-order valence-corrected chi connectivity index (χ3v) is 2.63. The highest BCUT2D eigenvalue weighted by atomic mass is 35.5. The Morgan fingerprint density at radius 3 is 3.00 bits per heavy atom. The van der Waals surface area contributed by atoms with E-state index in [1.54, 1.807) is 6.20 Å². The van der Waals surface area contributed by atoms with Crippen LogP contribution >= 0.6 is 11.6 Å². The van der Waals surface area contributed by atoms with Crippen LogP contribution in [-0.4, -0.2) is 19.7 Å². The van der Waals surface area contributed by atoms with Gasteiger partial charge in [0.05, 0.1) is 12.4 Å². The summed E-state index contributed by atoms with van der Waals surface area (Å²) in [5.41, 5.74) is 0.720. The van der Waals surface area contributed by atoms with Crippen molar-refractivity contribution in [3.63, 3.8) is 0 Å². The van der Waals surface area contributed by atoms with E-state index in [0.29, 0.717) is 16.8 Å². The Kier molecular flexibility index (Phi) is 3.58. The highest BCUT2D eigenvalue weighted by Crippen LogP contribution is 2.25. The molecule has 0 amide bonds. The lowest BCUT2D eigenvalue weighted by atomic mass is 10.4. The average molecular weight is 253 g/mol. The summed E-state index contributed by atoms with van der Waals surface area (Å²) < 4.78 is 7.42. The molecule has 0 unspecified atom stereocenters.